The molecule has 2 heteroatoms. The third kappa shape index (κ3) is 7.82. The number of unbranched alkanes of at least 4 members (excludes halogenated alkanes) is 1. The molecule has 0 rings (SSSR count). The summed E-state index contributed by atoms with van der Waals surface area (Å²) in [6.07, 6.45) is 4.62. The van der Waals surface area contributed by atoms with Gasteiger partial charge in [0.25, 0.3) is 0 Å². The molecule has 1 N–H and O–H groups in total. The van der Waals surface area contributed by atoms with E-state index in [1.165, 1.54) is 12.8 Å². The van der Waals surface area contributed by atoms with Gasteiger partial charge in [-0.05, 0) is 18.8 Å². The number of carbonyl (C=O) groups is 1. The van der Waals surface area contributed by atoms with Crippen molar-refractivity contribution in [1.82, 2.24) is 5.32 Å². The van der Waals surface area contributed by atoms with Crippen molar-refractivity contribution in [2.75, 3.05) is 0 Å². The maximum atomic E-state index is 10.9. The van der Waals surface area contributed by atoms with Crippen molar-refractivity contribution in [1.29, 1.82) is 0 Å². The molecule has 13 heavy (non-hydrogen) atoms. The smallest absolute Gasteiger partial charge is 0.217 e. The van der Waals surface area contributed by atoms with Crippen LogP contribution in [0, 0.1) is 5.92 Å². The van der Waals surface area contributed by atoms with E-state index < -0.39 is 0 Å². The van der Waals surface area contributed by atoms with Crippen molar-refractivity contribution in [2.45, 2.75) is 59.4 Å². The lowest BCUT2D eigenvalue weighted by Crippen LogP contribution is -2.34. The van der Waals surface area contributed by atoms with Crippen molar-refractivity contribution in [3.8, 4) is 0 Å². The predicted molar refractivity (Wildman–Crippen MR) is 56.6 cm³/mol. The monoisotopic (exact) mass is 185 g/mol. The number of rotatable bonds is 6. The molecule has 1 unspecified atom stereocenters. The van der Waals surface area contributed by atoms with Crippen LogP contribution in [-0.2, 0) is 4.79 Å². The fourth-order valence-corrected chi connectivity index (χ4v) is 1.56. The molecule has 0 bridgehead atoms. The molecule has 0 heterocycles. The summed E-state index contributed by atoms with van der Waals surface area (Å²) in [7, 11) is 0. The predicted octanol–water partition coefficient (Wildman–Crippen LogP) is 2.73. The van der Waals surface area contributed by atoms with E-state index in [0.717, 1.165) is 12.8 Å². The van der Waals surface area contributed by atoms with E-state index in [-0.39, 0.29) is 5.91 Å². The van der Waals surface area contributed by atoms with Crippen LogP contribution >= 0.6 is 0 Å². The van der Waals surface area contributed by atoms with Crippen molar-refractivity contribution in [3.05, 3.63) is 0 Å². The Balaban J connectivity index is 3.80. The Morgan fingerprint density at radius 3 is 2.38 bits per heavy atom. The van der Waals surface area contributed by atoms with E-state index in [1.807, 2.05) is 0 Å². The van der Waals surface area contributed by atoms with Crippen LogP contribution in [0.3, 0.4) is 0 Å². The van der Waals surface area contributed by atoms with Gasteiger partial charge in [-0.1, -0.05) is 33.6 Å². The molecule has 0 aliphatic rings. The summed E-state index contributed by atoms with van der Waals surface area (Å²) in [6, 6.07) is 0.387. The molecule has 78 valence electrons. The second kappa shape index (κ2) is 6.93. The third-order valence-corrected chi connectivity index (χ3v) is 2.07. The van der Waals surface area contributed by atoms with Crippen molar-refractivity contribution in [2.24, 2.45) is 5.92 Å². The van der Waals surface area contributed by atoms with Gasteiger partial charge in [0.05, 0.1) is 0 Å². The van der Waals surface area contributed by atoms with Gasteiger partial charge in [0.15, 0.2) is 0 Å². The normalized spacial score (nSPS) is 13.0. The van der Waals surface area contributed by atoms with Gasteiger partial charge in [-0.3, -0.25) is 4.79 Å². The Kier molecular flexibility index (Phi) is 6.65. The molecule has 0 radical (unpaired) electrons. The van der Waals surface area contributed by atoms with Crippen molar-refractivity contribution >= 4 is 5.91 Å². The van der Waals surface area contributed by atoms with Gasteiger partial charge in [0, 0.05) is 13.0 Å². The number of hydrogen-bond donors (Lipinski definition) is 1. The molecule has 0 aromatic heterocycles. The van der Waals surface area contributed by atoms with Crippen LogP contribution in [0.15, 0.2) is 0 Å². The Morgan fingerprint density at radius 1 is 1.38 bits per heavy atom. The molecule has 2 nitrogen and oxygen atoms in total. The number of amides is 1. The Morgan fingerprint density at radius 2 is 2.00 bits per heavy atom. The SMILES string of the molecule is CCCCC(CC(C)C)NC(C)=O. The van der Waals surface area contributed by atoms with Gasteiger partial charge in [0.1, 0.15) is 0 Å². The molecule has 0 saturated carbocycles. The first-order valence-electron chi connectivity index (χ1n) is 5.33. The van der Waals surface area contributed by atoms with E-state index in [1.54, 1.807) is 6.92 Å². The summed E-state index contributed by atoms with van der Waals surface area (Å²) < 4.78 is 0. The summed E-state index contributed by atoms with van der Waals surface area (Å²) >= 11 is 0. The zero-order valence-electron chi connectivity index (χ0n) is 9.39. The minimum absolute atomic E-state index is 0.0988. The first-order valence-corrected chi connectivity index (χ1v) is 5.33. The van der Waals surface area contributed by atoms with E-state index in [0.29, 0.717) is 12.0 Å². The van der Waals surface area contributed by atoms with Gasteiger partial charge in [-0.15, -0.1) is 0 Å². The Bertz CT molecular complexity index is 143. The van der Waals surface area contributed by atoms with Crippen LogP contribution < -0.4 is 5.32 Å². The second-order valence-electron chi connectivity index (χ2n) is 4.17. The lowest BCUT2D eigenvalue weighted by molar-refractivity contribution is -0.119. The topological polar surface area (TPSA) is 29.1 Å². The summed E-state index contributed by atoms with van der Waals surface area (Å²) in [5.41, 5.74) is 0. The first-order chi connectivity index (χ1) is 6.06. The zero-order valence-corrected chi connectivity index (χ0v) is 9.39. The molecule has 0 fully saturated rings. The van der Waals surface area contributed by atoms with Crippen molar-refractivity contribution in [3.63, 3.8) is 0 Å². The van der Waals surface area contributed by atoms with Crippen LogP contribution in [0.1, 0.15) is 53.4 Å². The highest BCUT2D eigenvalue weighted by Gasteiger charge is 2.10. The van der Waals surface area contributed by atoms with Crippen LogP contribution in [-0.4, -0.2) is 11.9 Å². The molecule has 0 aliphatic carbocycles. The molecule has 0 spiro atoms. The molecule has 0 aromatic rings. The van der Waals surface area contributed by atoms with Gasteiger partial charge >= 0.3 is 0 Å². The standard InChI is InChI=1S/C11H23NO/c1-5-6-7-11(8-9(2)3)12-10(4)13/h9,11H,5-8H2,1-4H3,(H,12,13). The van der Waals surface area contributed by atoms with Gasteiger partial charge in [-0.2, -0.15) is 0 Å². The summed E-state index contributed by atoms with van der Waals surface area (Å²) in [6.45, 7) is 8.17. The minimum Gasteiger partial charge on any atom is -0.354 e. The highest BCUT2D eigenvalue weighted by Crippen LogP contribution is 2.10. The van der Waals surface area contributed by atoms with Gasteiger partial charge < -0.3 is 5.32 Å². The molecule has 0 aromatic carbocycles. The average molecular weight is 185 g/mol. The van der Waals surface area contributed by atoms with E-state index >= 15 is 0 Å². The summed E-state index contributed by atoms with van der Waals surface area (Å²) in [5, 5.41) is 3.01. The van der Waals surface area contributed by atoms with Crippen LogP contribution in [0.2, 0.25) is 0 Å². The maximum Gasteiger partial charge on any atom is 0.217 e. The number of hydrogen-bond acceptors (Lipinski definition) is 1. The van der Waals surface area contributed by atoms with E-state index in [4.69, 9.17) is 0 Å². The molecule has 1 amide bonds. The molecular formula is C11H23NO. The zero-order chi connectivity index (χ0) is 10.3. The van der Waals surface area contributed by atoms with Gasteiger partial charge in [-0.25, -0.2) is 0 Å². The van der Waals surface area contributed by atoms with Gasteiger partial charge in [0.2, 0.25) is 5.91 Å². The first kappa shape index (κ1) is 12.5. The average Bonchev–Trinajstić information content (AvgIpc) is 1.98. The quantitative estimate of drug-likeness (QED) is 0.677. The Labute approximate surface area is 82.1 Å². The van der Waals surface area contributed by atoms with E-state index in [9.17, 15) is 4.79 Å². The number of nitrogens with one attached hydrogen (secondary N) is 1. The molecule has 1 atom stereocenters. The second-order valence-corrected chi connectivity index (χ2v) is 4.17. The Hall–Kier alpha value is -0.530. The fraction of sp³-hybridized carbons (Fsp3) is 0.909. The molecule has 0 saturated heterocycles. The highest BCUT2D eigenvalue weighted by molar-refractivity contribution is 5.73. The van der Waals surface area contributed by atoms with E-state index in [2.05, 4.69) is 26.1 Å². The number of carbonyl (C=O) groups excluding carboxylic acids is 1. The van der Waals surface area contributed by atoms with Crippen LogP contribution in [0.4, 0.5) is 0 Å². The maximum absolute atomic E-state index is 10.9. The highest BCUT2D eigenvalue weighted by atomic mass is 16.1. The van der Waals surface area contributed by atoms with Crippen LogP contribution in [0.5, 0.6) is 0 Å². The lowest BCUT2D eigenvalue weighted by atomic mass is 9.99. The minimum atomic E-state index is 0.0988. The van der Waals surface area contributed by atoms with Crippen molar-refractivity contribution < 1.29 is 4.79 Å². The lowest BCUT2D eigenvalue weighted by Gasteiger charge is -2.19. The summed E-state index contributed by atoms with van der Waals surface area (Å²) in [5.74, 6) is 0.760. The summed E-state index contributed by atoms with van der Waals surface area (Å²) in [4.78, 5) is 10.9. The third-order valence-electron chi connectivity index (χ3n) is 2.07. The largest absolute Gasteiger partial charge is 0.354 e. The van der Waals surface area contributed by atoms with Crippen LogP contribution in [0.25, 0.3) is 0 Å². The molecular weight excluding hydrogens is 162 g/mol. The fourth-order valence-electron chi connectivity index (χ4n) is 1.56. The molecule has 0 aliphatic heterocycles.